The highest BCUT2D eigenvalue weighted by Gasteiger charge is 2.31. The van der Waals surface area contributed by atoms with Gasteiger partial charge >= 0.3 is 5.97 Å². The topological polar surface area (TPSA) is 175 Å². The minimum Gasteiger partial charge on any atom is -0.481 e. The van der Waals surface area contributed by atoms with Gasteiger partial charge in [0.05, 0.1) is 49.0 Å². The number of carboxylic acids is 1. The number of rotatable bonds is 10. The van der Waals surface area contributed by atoms with E-state index < -0.39 is 5.97 Å². The van der Waals surface area contributed by atoms with Crippen LogP contribution < -0.4 is 15.2 Å². The van der Waals surface area contributed by atoms with Crippen molar-refractivity contribution in [1.29, 1.82) is 0 Å². The summed E-state index contributed by atoms with van der Waals surface area (Å²) in [4.78, 5) is 48.7. The van der Waals surface area contributed by atoms with E-state index in [-0.39, 0.29) is 43.2 Å². The zero-order valence-electron chi connectivity index (χ0n) is 31.5. The largest absolute Gasteiger partial charge is 0.481 e. The van der Waals surface area contributed by atoms with Crippen LogP contribution in [0.4, 0.5) is 0 Å². The molecule has 4 aromatic heterocycles. The molecule has 0 saturated heterocycles. The second-order valence-corrected chi connectivity index (χ2v) is 17.5. The Kier molecular flexibility index (Phi) is 12.2. The Labute approximate surface area is 323 Å². The molecule has 0 bridgehead atoms. The van der Waals surface area contributed by atoms with Gasteiger partial charge in [-0.3, -0.25) is 9.59 Å². The van der Waals surface area contributed by atoms with E-state index in [0.717, 1.165) is 92.7 Å². The van der Waals surface area contributed by atoms with Crippen molar-refractivity contribution in [3.8, 4) is 11.8 Å². The number of carbonyl (C=O) groups excluding carboxylic acids is 1. The Balaban J connectivity index is 0.000000167. The number of carbonyl (C=O) groups is 2. The first-order valence-electron chi connectivity index (χ1n) is 18.9. The molecule has 0 spiro atoms. The van der Waals surface area contributed by atoms with Crippen LogP contribution in [0, 0.1) is 0 Å². The number of nitrogens with two attached hydrogens (primary N) is 1. The summed E-state index contributed by atoms with van der Waals surface area (Å²) in [7, 11) is 8.55. The molecule has 14 nitrogen and oxygen atoms in total. The zero-order valence-corrected chi connectivity index (χ0v) is 33.1. The number of carboxylic acid groups (broad SMARTS) is 1. The van der Waals surface area contributed by atoms with Crippen LogP contribution >= 0.6 is 22.7 Å². The molecular weight excluding hydrogens is 731 g/mol. The summed E-state index contributed by atoms with van der Waals surface area (Å²) in [5.74, 6) is 0.133. The SMILES string of the molecule is CN(C)C1CCC(Oc2ncnc3sc4c(c23)CC(CC(=O)O)OC4)CC1.CN(C)C1CCC(Oc2ncnc3sc4c(c23)CC(CC(N)=O)OC4)CC1. The van der Waals surface area contributed by atoms with Crippen molar-refractivity contribution in [3.05, 3.63) is 33.5 Å². The van der Waals surface area contributed by atoms with Crippen LogP contribution in [0.2, 0.25) is 0 Å². The molecule has 1 amide bonds. The molecule has 2 saturated carbocycles. The lowest BCUT2D eigenvalue weighted by Gasteiger charge is -2.32. The molecule has 292 valence electrons. The number of nitrogens with zero attached hydrogens (tertiary/aromatic N) is 6. The van der Waals surface area contributed by atoms with E-state index in [9.17, 15) is 9.59 Å². The second-order valence-electron chi connectivity index (χ2n) is 15.3. The molecular formula is C38H51N7O7S2. The number of primary amides is 1. The van der Waals surface area contributed by atoms with E-state index in [1.165, 1.54) is 0 Å². The number of thiophene rings is 2. The first kappa shape index (κ1) is 38.7. The van der Waals surface area contributed by atoms with Gasteiger partial charge in [-0.1, -0.05) is 0 Å². The lowest BCUT2D eigenvalue weighted by atomic mass is 9.92. The van der Waals surface area contributed by atoms with Gasteiger partial charge in [-0.2, -0.15) is 0 Å². The number of amides is 1. The van der Waals surface area contributed by atoms with E-state index >= 15 is 0 Å². The van der Waals surface area contributed by atoms with Gasteiger partial charge in [-0.05, 0) is 90.7 Å². The maximum Gasteiger partial charge on any atom is 0.305 e. The van der Waals surface area contributed by atoms with Gasteiger partial charge < -0.3 is 39.6 Å². The maximum atomic E-state index is 11.3. The summed E-state index contributed by atoms with van der Waals surface area (Å²) in [5, 5.41) is 11.0. The Hall–Kier alpha value is -3.54. The summed E-state index contributed by atoms with van der Waals surface area (Å²) in [6.45, 7) is 0.920. The lowest BCUT2D eigenvalue weighted by Crippen LogP contribution is -2.35. The highest BCUT2D eigenvalue weighted by molar-refractivity contribution is 7.19. The first-order chi connectivity index (χ1) is 26.0. The second kappa shape index (κ2) is 17.1. The highest BCUT2D eigenvalue weighted by Crippen LogP contribution is 2.42. The van der Waals surface area contributed by atoms with Crippen molar-refractivity contribution in [3.63, 3.8) is 0 Å². The molecule has 0 aromatic carbocycles. The van der Waals surface area contributed by atoms with Crippen molar-refractivity contribution < 1.29 is 33.6 Å². The molecule has 8 rings (SSSR count). The number of ether oxygens (including phenoxy) is 4. The highest BCUT2D eigenvalue weighted by atomic mass is 32.1. The number of hydrogen-bond acceptors (Lipinski definition) is 14. The molecule has 2 atom stereocenters. The summed E-state index contributed by atoms with van der Waals surface area (Å²) >= 11 is 3.21. The molecule has 3 N–H and O–H groups in total. The molecule has 2 unspecified atom stereocenters. The number of fused-ring (bicyclic) bond motifs is 6. The van der Waals surface area contributed by atoms with Gasteiger partial charge in [0.25, 0.3) is 0 Å². The Morgan fingerprint density at radius 1 is 0.722 bits per heavy atom. The third-order valence-corrected chi connectivity index (χ3v) is 13.4. The average Bonchev–Trinajstić information content (AvgIpc) is 3.71. The normalized spacial score (nSPS) is 25.5. The fourth-order valence-electron chi connectivity index (χ4n) is 8.18. The van der Waals surface area contributed by atoms with Gasteiger partial charge in [0.2, 0.25) is 17.7 Å². The number of aliphatic carboxylic acids is 1. The van der Waals surface area contributed by atoms with Crippen molar-refractivity contribution in [2.75, 3.05) is 28.2 Å². The summed E-state index contributed by atoms with van der Waals surface area (Å²) < 4.78 is 24.1. The van der Waals surface area contributed by atoms with Gasteiger partial charge in [-0.15, -0.1) is 22.7 Å². The summed E-state index contributed by atoms with van der Waals surface area (Å²) in [6.07, 6.45) is 13.1. The van der Waals surface area contributed by atoms with Crippen LogP contribution in [-0.4, -0.2) is 111 Å². The third kappa shape index (κ3) is 8.95. The molecule has 4 aromatic rings. The first-order valence-corrected chi connectivity index (χ1v) is 20.6. The zero-order chi connectivity index (χ0) is 37.9. The smallest absolute Gasteiger partial charge is 0.305 e. The third-order valence-electron chi connectivity index (χ3n) is 11.2. The van der Waals surface area contributed by atoms with Crippen molar-refractivity contribution in [2.24, 2.45) is 5.73 Å². The Morgan fingerprint density at radius 2 is 1.15 bits per heavy atom. The fourth-order valence-corrected chi connectivity index (χ4v) is 10.3. The predicted molar refractivity (Wildman–Crippen MR) is 206 cm³/mol. The Morgan fingerprint density at radius 3 is 1.54 bits per heavy atom. The monoisotopic (exact) mass is 781 g/mol. The van der Waals surface area contributed by atoms with Gasteiger partial charge in [0.15, 0.2) is 0 Å². The minimum atomic E-state index is -0.839. The fraction of sp³-hybridized carbons (Fsp3) is 0.632. The van der Waals surface area contributed by atoms with E-state index in [4.69, 9.17) is 29.8 Å². The predicted octanol–water partition coefficient (Wildman–Crippen LogP) is 5.12. The van der Waals surface area contributed by atoms with E-state index in [1.54, 1.807) is 35.3 Å². The van der Waals surface area contributed by atoms with Crippen molar-refractivity contribution in [2.45, 2.75) is 127 Å². The van der Waals surface area contributed by atoms with E-state index in [2.05, 4.69) is 57.9 Å². The molecule has 54 heavy (non-hydrogen) atoms. The average molecular weight is 782 g/mol. The van der Waals surface area contributed by atoms with Crippen molar-refractivity contribution in [1.82, 2.24) is 29.7 Å². The summed E-state index contributed by atoms with van der Waals surface area (Å²) in [5.41, 5.74) is 7.61. The number of aromatic nitrogens is 4. The minimum absolute atomic E-state index is 0.00914. The molecule has 16 heteroatoms. The molecule has 2 aliphatic heterocycles. The molecule has 2 fully saturated rings. The van der Waals surface area contributed by atoms with Gasteiger partial charge in [0, 0.05) is 34.7 Å². The van der Waals surface area contributed by atoms with E-state index in [1.807, 2.05) is 0 Å². The lowest BCUT2D eigenvalue weighted by molar-refractivity contribution is -0.140. The maximum absolute atomic E-state index is 11.3. The van der Waals surface area contributed by atoms with Crippen LogP contribution in [0.1, 0.15) is 85.1 Å². The quantitative estimate of drug-likeness (QED) is 0.217. The molecule has 4 aliphatic rings. The molecule has 0 radical (unpaired) electrons. The number of hydrogen-bond donors (Lipinski definition) is 2. The van der Waals surface area contributed by atoms with Crippen LogP contribution in [-0.2, 0) is 45.1 Å². The van der Waals surface area contributed by atoms with Crippen molar-refractivity contribution >= 4 is 55.0 Å². The van der Waals surface area contributed by atoms with Gasteiger partial charge in [-0.25, -0.2) is 19.9 Å². The van der Waals surface area contributed by atoms with Crippen LogP contribution in [0.15, 0.2) is 12.7 Å². The van der Waals surface area contributed by atoms with Crippen LogP contribution in [0.5, 0.6) is 11.8 Å². The van der Waals surface area contributed by atoms with E-state index in [0.29, 0.717) is 49.9 Å². The van der Waals surface area contributed by atoms with Gasteiger partial charge in [0.1, 0.15) is 34.5 Å². The summed E-state index contributed by atoms with van der Waals surface area (Å²) in [6, 6.07) is 1.26. The molecule has 6 heterocycles. The van der Waals surface area contributed by atoms with Crippen LogP contribution in [0.3, 0.4) is 0 Å². The standard InChI is InChI=1S/C19H26N4O3S.C19H25N3O4S/c1-23(2)11-3-5-12(6-4-11)26-18-17-14-7-13(8-16(20)24)25-9-15(14)27-19(17)22-10-21-18;1-22(2)11-3-5-12(6-4-11)26-18-17-14-7-13(8-16(23)24)25-9-15(14)27-19(17)21-10-20-18/h10-13H,3-9H2,1-2H3,(H2,20,24);10-13H,3-9H2,1-2H3,(H,23,24). The Bertz CT molecular complexity index is 1800. The van der Waals surface area contributed by atoms with Crippen LogP contribution in [0.25, 0.3) is 20.4 Å². The molecule has 2 aliphatic carbocycles.